The normalized spacial score (nSPS) is 16.0. The molecule has 96 valence electrons. The second-order valence-electron chi connectivity index (χ2n) is 4.46. The van der Waals surface area contributed by atoms with Crippen LogP contribution in [-0.2, 0) is 17.8 Å². The van der Waals surface area contributed by atoms with Crippen molar-refractivity contribution in [2.24, 2.45) is 10.9 Å². The van der Waals surface area contributed by atoms with Gasteiger partial charge in [-0.25, -0.2) is 0 Å². The van der Waals surface area contributed by atoms with Crippen molar-refractivity contribution >= 4 is 11.7 Å². The van der Waals surface area contributed by atoms with E-state index in [-0.39, 0.29) is 18.2 Å². The lowest BCUT2D eigenvalue weighted by Gasteiger charge is -2.20. The highest BCUT2D eigenvalue weighted by Crippen LogP contribution is 2.18. The van der Waals surface area contributed by atoms with E-state index < -0.39 is 0 Å². The average molecular weight is 247 g/mol. The predicted octanol–water partition coefficient (Wildman–Crippen LogP) is 1.10. The van der Waals surface area contributed by atoms with Crippen molar-refractivity contribution in [3.8, 4) is 0 Å². The number of nitrogens with zero attached hydrogens (tertiary/aromatic N) is 2. The Labute approximate surface area is 106 Å². The van der Waals surface area contributed by atoms with Gasteiger partial charge >= 0.3 is 0 Å². The second kappa shape index (κ2) is 5.53. The number of amidine groups is 1. The van der Waals surface area contributed by atoms with Crippen LogP contribution in [0.25, 0.3) is 0 Å². The molecule has 0 bridgehead atoms. The zero-order valence-electron chi connectivity index (χ0n) is 10.2. The number of hydrogen-bond acceptors (Lipinski definition) is 3. The van der Waals surface area contributed by atoms with Gasteiger partial charge in [-0.2, -0.15) is 0 Å². The summed E-state index contributed by atoms with van der Waals surface area (Å²) in [6, 6.07) is 8.15. The van der Waals surface area contributed by atoms with E-state index in [1.165, 1.54) is 11.1 Å². The van der Waals surface area contributed by atoms with E-state index >= 15 is 0 Å². The maximum atomic E-state index is 12.0. The van der Waals surface area contributed by atoms with Crippen molar-refractivity contribution < 1.29 is 10.0 Å². The van der Waals surface area contributed by atoms with Crippen LogP contribution in [0.3, 0.4) is 0 Å². The van der Waals surface area contributed by atoms with E-state index in [1.54, 1.807) is 4.90 Å². The van der Waals surface area contributed by atoms with E-state index in [2.05, 4.69) is 11.2 Å². The van der Waals surface area contributed by atoms with Crippen molar-refractivity contribution in [2.75, 3.05) is 6.54 Å². The number of carbonyl (C=O) groups is 1. The molecule has 1 aliphatic heterocycles. The van der Waals surface area contributed by atoms with E-state index in [9.17, 15) is 4.79 Å². The van der Waals surface area contributed by atoms with Gasteiger partial charge in [0.1, 0.15) is 5.84 Å². The van der Waals surface area contributed by atoms with Crippen molar-refractivity contribution in [1.82, 2.24) is 4.90 Å². The molecule has 5 nitrogen and oxygen atoms in total. The van der Waals surface area contributed by atoms with E-state index in [1.807, 2.05) is 18.2 Å². The van der Waals surface area contributed by atoms with Crippen LogP contribution in [0.1, 0.15) is 24.0 Å². The highest BCUT2D eigenvalue weighted by molar-refractivity contribution is 5.98. The van der Waals surface area contributed by atoms with Crippen molar-refractivity contribution in [3.05, 3.63) is 35.4 Å². The van der Waals surface area contributed by atoms with Gasteiger partial charge in [0.05, 0.1) is 6.42 Å². The first-order valence-electron chi connectivity index (χ1n) is 6.01. The number of amides is 1. The summed E-state index contributed by atoms with van der Waals surface area (Å²) in [6.45, 7) is 1.32. The van der Waals surface area contributed by atoms with Gasteiger partial charge in [-0.05, 0) is 24.0 Å². The molecule has 0 saturated heterocycles. The summed E-state index contributed by atoms with van der Waals surface area (Å²) in [6.07, 6.45) is 1.90. The molecule has 0 fully saturated rings. The number of oxime groups is 1. The van der Waals surface area contributed by atoms with Crippen molar-refractivity contribution in [2.45, 2.75) is 25.8 Å². The van der Waals surface area contributed by atoms with Gasteiger partial charge in [0, 0.05) is 13.1 Å². The Morgan fingerprint density at radius 3 is 2.83 bits per heavy atom. The minimum absolute atomic E-state index is 0.0291. The van der Waals surface area contributed by atoms with Crippen LogP contribution < -0.4 is 5.73 Å². The number of benzene rings is 1. The van der Waals surface area contributed by atoms with Crippen LogP contribution in [0.15, 0.2) is 29.4 Å². The van der Waals surface area contributed by atoms with Crippen LogP contribution in [0.4, 0.5) is 0 Å². The SMILES string of the molecule is NC(CC(=O)N1CCCc2ccccc2C1)=NO. The first kappa shape index (κ1) is 12.4. The first-order valence-corrected chi connectivity index (χ1v) is 6.01. The molecule has 0 aliphatic carbocycles. The van der Waals surface area contributed by atoms with Crippen LogP contribution in [-0.4, -0.2) is 28.4 Å². The fraction of sp³-hybridized carbons (Fsp3) is 0.385. The fourth-order valence-corrected chi connectivity index (χ4v) is 2.22. The number of hydrogen-bond donors (Lipinski definition) is 2. The molecule has 2 rings (SSSR count). The average Bonchev–Trinajstić information content (AvgIpc) is 2.60. The Kier molecular flexibility index (Phi) is 3.82. The second-order valence-corrected chi connectivity index (χ2v) is 4.46. The number of nitrogens with two attached hydrogens (primary N) is 1. The molecular weight excluding hydrogens is 230 g/mol. The number of aryl methyl sites for hydroxylation is 1. The highest BCUT2D eigenvalue weighted by atomic mass is 16.4. The first-order chi connectivity index (χ1) is 8.70. The van der Waals surface area contributed by atoms with Crippen molar-refractivity contribution in [3.63, 3.8) is 0 Å². The van der Waals surface area contributed by atoms with Crippen molar-refractivity contribution in [1.29, 1.82) is 0 Å². The molecule has 0 spiro atoms. The molecular formula is C13H17N3O2. The third kappa shape index (κ3) is 2.80. The summed E-state index contributed by atoms with van der Waals surface area (Å²) < 4.78 is 0. The maximum absolute atomic E-state index is 12.0. The van der Waals surface area contributed by atoms with Gasteiger partial charge in [-0.1, -0.05) is 29.4 Å². The topological polar surface area (TPSA) is 78.9 Å². The smallest absolute Gasteiger partial charge is 0.230 e. The molecule has 1 aliphatic rings. The van der Waals surface area contributed by atoms with Gasteiger partial charge in [0.2, 0.25) is 5.91 Å². The number of rotatable bonds is 2. The van der Waals surface area contributed by atoms with Crippen LogP contribution in [0, 0.1) is 0 Å². The van der Waals surface area contributed by atoms with E-state index in [0.717, 1.165) is 12.8 Å². The minimum atomic E-state index is -0.0954. The minimum Gasteiger partial charge on any atom is -0.409 e. The molecule has 1 amide bonds. The molecule has 0 radical (unpaired) electrons. The van der Waals surface area contributed by atoms with Gasteiger partial charge in [0.25, 0.3) is 0 Å². The molecule has 18 heavy (non-hydrogen) atoms. The summed E-state index contributed by atoms with van der Waals surface area (Å²) in [4.78, 5) is 13.8. The Balaban J connectivity index is 2.10. The molecule has 0 saturated carbocycles. The molecule has 0 aromatic heterocycles. The monoisotopic (exact) mass is 247 g/mol. The molecule has 5 heteroatoms. The van der Waals surface area contributed by atoms with Gasteiger partial charge in [-0.15, -0.1) is 0 Å². The molecule has 3 N–H and O–H groups in total. The summed E-state index contributed by atoms with van der Waals surface area (Å²) >= 11 is 0. The molecule has 0 unspecified atom stereocenters. The molecule has 1 aromatic carbocycles. The van der Waals surface area contributed by atoms with E-state index in [4.69, 9.17) is 10.9 Å². The summed E-state index contributed by atoms with van der Waals surface area (Å²) in [5.74, 6) is -0.139. The number of fused-ring (bicyclic) bond motifs is 1. The van der Waals surface area contributed by atoms with E-state index in [0.29, 0.717) is 13.1 Å². The van der Waals surface area contributed by atoms with Gasteiger partial charge in [-0.3, -0.25) is 4.79 Å². The Bertz CT molecular complexity index is 471. The van der Waals surface area contributed by atoms with Crippen LogP contribution >= 0.6 is 0 Å². The lowest BCUT2D eigenvalue weighted by molar-refractivity contribution is -0.130. The maximum Gasteiger partial charge on any atom is 0.230 e. The zero-order valence-corrected chi connectivity index (χ0v) is 10.2. The standard InChI is InChI=1S/C13H17N3O2/c14-12(15-18)8-13(17)16-7-3-6-10-4-1-2-5-11(10)9-16/h1-2,4-5,18H,3,6-9H2,(H2,14,15). The third-order valence-electron chi connectivity index (χ3n) is 3.17. The Morgan fingerprint density at radius 2 is 2.11 bits per heavy atom. The molecule has 0 atom stereocenters. The summed E-state index contributed by atoms with van der Waals surface area (Å²) in [5, 5.41) is 11.3. The Morgan fingerprint density at radius 1 is 1.39 bits per heavy atom. The predicted molar refractivity (Wildman–Crippen MR) is 68.2 cm³/mol. The third-order valence-corrected chi connectivity index (χ3v) is 3.17. The zero-order chi connectivity index (χ0) is 13.0. The molecule has 1 aromatic rings. The largest absolute Gasteiger partial charge is 0.409 e. The van der Waals surface area contributed by atoms with Gasteiger partial charge in [0.15, 0.2) is 0 Å². The summed E-state index contributed by atoms with van der Waals surface area (Å²) in [7, 11) is 0. The molecule has 1 heterocycles. The lowest BCUT2D eigenvalue weighted by Crippen LogP contribution is -2.33. The fourth-order valence-electron chi connectivity index (χ4n) is 2.22. The number of carbonyl (C=O) groups excluding carboxylic acids is 1. The lowest BCUT2D eigenvalue weighted by atomic mass is 10.0. The quantitative estimate of drug-likeness (QED) is 0.355. The van der Waals surface area contributed by atoms with Gasteiger partial charge < -0.3 is 15.8 Å². The highest BCUT2D eigenvalue weighted by Gasteiger charge is 2.19. The van der Waals surface area contributed by atoms with Crippen LogP contribution in [0.5, 0.6) is 0 Å². The Hall–Kier alpha value is -2.04. The summed E-state index contributed by atoms with van der Waals surface area (Å²) in [5.41, 5.74) is 7.85. The van der Waals surface area contributed by atoms with Crippen LogP contribution in [0.2, 0.25) is 0 Å².